The zero-order valence-corrected chi connectivity index (χ0v) is 9.44. The maximum atomic E-state index is 12.7. The van der Waals surface area contributed by atoms with Gasteiger partial charge >= 0.3 is 5.97 Å². The molecule has 0 aliphatic rings. The van der Waals surface area contributed by atoms with Gasteiger partial charge in [-0.15, -0.1) is 0 Å². The van der Waals surface area contributed by atoms with E-state index in [4.69, 9.17) is 5.26 Å². The Balaban J connectivity index is 3.48. The van der Waals surface area contributed by atoms with Crippen LogP contribution < -0.4 is 0 Å². The second kappa shape index (κ2) is 5.87. The normalized spacial score (nSPS) is 9.94. The van der Waals surface area contributed by atoms with Gasteiger partial charge in [-0.3, -0.25) is 4.79 Å². The highest BCUT2D eigenvalue weighted by Crippen LogP contribution is 2.26. The minimum atomic E-state index is -2.95. The molecule has 0 radical (unpaired) electrons. The van der Waals surface area contributed by atoms with Crippen LogP contribution in [0.25, 0.3) is 0 Å². The molecule has 4 nitrogen and oxygen atoms in total. The molecule has 0 aliphatic heterocycles. The first-order chi connectivity index (χ1) is 8.54. The van der Waals surface area contributed by atoms with Crippen molar-refractivity contribution in [3.8, 4) is 6.07 Å². The Bertz CT molecular complexity index is 521. The Morgan fingerprint density at radius 2 is 2.22 bits per heavy atom. The number of esters is 1. The molecule has 18 heavy (non-hydrogen) atoms. The van der Waals surface area contributed by atoms with Crippen LogP contribution in [0.5, 0.6) is 0 Å². The fraction of sp³-hybridized carbons (Fsp3) is 0.250. The Labute approximate surface area is 102 Å². The van der Waals surface area contributed by atoms with Gasteiger partial charge in [0, 0.05) is 11.1 Å². The van der Waals surface area contributed by atoms with Crippen molar-refractivity contribution in [3.63, 3.8) is 0 Å². The molecule has 0 saturated heterocycles. The number of aldehydes is 1. The first kappa shape index (κ1) is 13.8. The maximum Gasteiger partial charge on any atom is 0.339 e. The molecule has 0 amide bonds. The zero-order valence-electron chi connectivity index (χ0n) is 9.44. The van der Waals surface area contributed by atoms with Gasteiger partial charge in [0.15, 0.2) is 0 Å². The van der Waals surface area contributed by atoms with Crippen molar-refractivity contribution in [1.82, 2.24) is 0 Å². The summed E-state index contributed by atoms with van der Waals surface area (Å²) >= 11 is 0. The number of alkyl halides is 2. The molecule has 0 saturated carbocycles. The number of nitriles is 1. The fourth-order valence-electron chi connectivity index (χ4n) is 1.42. The lowest BCUT2D eigenvalue weighted by Gasteiger charge is -2.09. The smallest absolute Gasteiger partial charge is 0.339 e. The van der Waals surface area contributed by atoms with Gasteiger partial charge in [-0.2, -0.15) is 5.26 Å². The molecule has 0 aliphatic carbocycles. The van der Waals surface area contributed by atoms with Crippen LogP contribution in [0.1, 0.15) is 45.2 Å². The molecule has 6 heteroatoms. The van der Waals surface area contributed by atoms with E-state index < -0.39 is 23.5 Å². The van der Waals surface area contributed by atoms with Gasteiger partial charge < -0.3 is 4.74 Å². The monoisotopic (exact) mass is 253 g/mol. The van der Waals surface area contributed by atoms with Crippen LogP contribution in [0.3, 0.4) is 0 Å². The van der Waals surface area contributed by atoms with E-state index in [0.29, 0.717) is 6.29 Å². The van der Waals surface area contributed by atoms with Gasteiger partial charge in [0.05, 0.1) is 17.7 Å². The van der Waals surface area contributed by atoms with Crippen molar-refractivity contribution in [1.29, 1.82) is 5.26 Å². The number of hydrogen-bond donors (Lipinski definition) is 0. The SMILES string of the molecule is CCOC(=O)c1cc(C=O)cc(C(F)F)c1C#N. The number of nitrogens with zero attached hydrogens (tertiary/aromatic N) is 1. The molecule has 0 bridgehead atoms. The highest BCUT2D eigenvalue weighted by molar-refractivity contribution is 5.95. The van der Waals surface area contributed by atoms with Gasteiger partial charge in [0.1, 0.15) is 12.4 Å². The van der Waals surface area contributed by atoms with E-state index in [1.807, 2.05) is 0 Å². The van der Waals surface area contributed by atoms with Crippen molar-refractivity contribution in [2.75, 3.05) is 6.61 Å². The first-order valence-corrected chi connectivity index (χ1v) is 5.03. The Hall–Kier alpha value is -2.29. The Kier molecular flexibility index (Phi) is 4.49. The van der Waals surface area contributed by atoms with Crippen molar-refractivity contribution in [3.05, 3.63) is 34.4 Å². The van der Waals surface area contributed by atoms with Crippen molar-refractivity contribution >= 4 is 12.3 Å². The predicted molar refractivity (Wildman–Crippen MR) is 57.5 cm³/mol. The summed E-state index contributed by atoms with van der Waals surface area (Å²) in [5.41, 5.74) is -1.54. The Morgan fingerprint density at radius 3 is 2.67 bits per heavy atom. The van der Waals surface area contributed by atoms with Crippen molar-refractivity contribution in [2.24, 2.45) is 0 Å². The van der Waals surface area contributed by atoms with Gasteiger partial charge in [0.25, 0.3) is 6.43 Å². The molecule has 0 unspecified atom stereocenters. The van der Waals surface area contributed by atoms with Crippen LogP contribution >= 0.6 is 0 Å². The summed E-state index contributed by atoms with van der Waals surface area (Å²) < 4.78 is 30.1. The summed E-state index contributed by atoms with van der Waals surface area (Å²) in [5, 5.41) is 8.85. The first-order valence-electron chi connectivity index (χ1n) is 5.03. The van der Waals surface area contributed by atoms with E-state index in [0.717, 1.165) is 12.1 Å². The van der Waals surface area contributed by atoms with Crippen LogP contribution in [0.15, 0.2) is 12.1 Å². The standard InChI is InChI=1S/C12H9F2NO3/c1-2-18-12(17)9-4-7(6-16)3-8(11(13)14)10(9)5-15/h3-4,6,11H,2H2,1H3. The molecular formula is C12H9F2NO3. The van der Waals surface area contributed by atoms with E-state index in [1.54, 1.807) is 6.92 Å². The average molecular weight is 253 g/mol. The number of ether oxygens (including phenoxy) is 1. The van der Waals surface area contributed by atoms with E-state index >= 15 is 0 Å². The number of carbonyl (C=O) groups is 2. The molecule has 1 rings (SSSR count). The second-order valence-corrected chi connectivity index (χ2v) is 3.28. The lowest BCUT2D eigenvalue weighted by atomic mass is 9.99. The van der Waals surface area contributed by atoms with E-state index in [9.17, 15) is 18.4 Å². The molecule has 0 atom stereocenters. The minimum Gasteiger partial charge on any atom is -0.462 e. The van der Waals surface area contributed by atoms with Crippen molar-refractivity contribution in [2.45, 2.75) is 13.3 Å². The molecule has 0 fully saturated rings. The second-order valence-electron chi connectivity index (χ2n) is 3.28. The van der Waals surface area contributed by atoms with E-state index in [1.165, 1.54) is 6.07 Å². The summed E-state index contributed by atoms with van der Waals surface area (Å²) in [6.07, 6.45) is -2.62. The number of carbonyl (C=O) groups excluding carboxylic acids is 2. The Morgan fingerprint density at radius 1 is 1.56 bits per heavy atom. The number of halogens is 2. The van der Waals surface area contributed by atoms with Crippen LogP contribution in [0, 0.1) is 11.3 Å². The van der Waals surface area contributed by atoms with Crippen LogP contribution in [-0.2, 0) is 4.74 Å². The fourth-order valence-corrected chi connectivity index (χ4v) is 1.42. The molecule has 0 aromatic heterocycles. The van der Waals surface area contributed by atoms with Crippen LogP contribution in [0.4, 0.5) is 8.78 Å². The molecule has 1 aromatic rings. The van der Waals surface area contributed by atoms with E-state index in [2.05, 4.69) is 4.74 Å². The highest BCUT2D eigenvalue weighted by atomic mass is 19.3. The lowest BCUT2D eigenvalue weighted by Crippen LogP contribution is -2.10. The molecule has 94 valence electrons. The quantitative estimate of drug-likeness (QED) is 0.610. The molecular weight excluding hydrogens is 244 g/mol. The summed E-state index contributed by atoms with van der Waals surface area (Å²) in [6.45, 7) is 1.58. The van der Waals surface area contributed by atoms with Gasteiger partial charge in [-0.1, -0.05) is 0 Å². The molecule has 1 aromatic carbocycles. The summed E-state index contributed by atoms with van der Waals surface area (Å²) in [5.74, 6) is -0.903. The summed E-state index contributed by atoms with van der Waals surface area (Å²) in [6, 6.07) is 3.49. The molecule has 0 heterocycles. The predicted octanol–water partition coefficient (Wildman–Crippen LogP) is 2.49. The third kappa shape index (κ3) is 2.69. The number of hydrogen-bond acceptors (Lipinski definition) is 4. The average Bonchev–Trinajstić information content (AvgIpc) is 2.37. The largest absolute Gasteiger partial charge is 0.462 e. The molecule has 0 N–H and O–H groups in total. The van der Waals surface area contributed by atoms with Crippen molar-refractivity contribution < 1.29 is 23.1 Å². The van der Waals surface area contributed by atoms with E-state index in [-0.39, 0.29) is 17.7 Å². The third-order valence-corrected chi connectivity index (χ3v) is 2.17. The number of benzene rings is 1. The molecule has 0 spiro atoms. The zero-order chi connectivity index (χ0) is 13.7. The minimum absolute atomic E-state index is 0.0407. The van der Waals surface area contributed by atoms with Gasteiger partial charge in [-0.05, 0) is 19.1 Å². The van der Waals surface area contributed by atoms with Crippen LogP contribution in [-0.4, -0.2) is 18.9 Å². The van der Waals surface area contributed by atoms with Gasteiger partial charge in [-0.25, -0.2) is 13.6 Å². The lowest BCUT2D eigenvalue weighted by molar-refractivity contribution is 0.0525. The number of rotatable bonds is 4. The highest BCUT2D eigenvalue weighted by Gasteiger charge is 2.22. The van der Waals surface area contributed by atoms with Gasteiger partial charge in [0.2, 0.25) is 0 Å². The summed E-state index contributed by atoms with van der Waals surface area (Å²) in [7, 11) is 0. The third-order valence-electron chi connectivity index (χ3n) is 2.17. The van der Waals surface area contributed by atoms with Crippen LogP contribution in [0.2, 0.25) is 0 Å². The summed E-state index contributed by atoms with van der Waals surface area (Å²) in [4.78, 5) is 22.2. The topological polar surface area (TPSA) is 67.2 Å². The maximum absolute atomic E-state index is 12.7.